The number of aromatic nitrogens is 2. The van der Waals surface area contributed by atoms with E-state index >= 15 is 0 Å². The van der Waals surface area contributed by atoms with Crippen LogP contribution >= 0.6 is 15.9 Å². The summed E-state index contributed by atoms with van der Waals surface area (Å²) in [5.41, 5.74) is 2.68. The second-order valence-electron chi connectivity index (χ2n) is 6.29. The summed E-state index contributed by atoms with van der Waals surface area (Å²) in [6, 6.07) is 15.3. The Labute approximate surface area is 178 Å². The molecule has 1 aromatic heterocycles. The van der Waals surface area contributed by atoms with Crippen molar-refractivity contribution in [2.75, 3.05) is 7.11 Å². The van der Waals surface area contributed by atoms with Gasteiger partial charge in [-0.1, -0.05) is 24.3 Å². The first-order valence-electron chi connectivity index (χ1n) is 9.04. The Morgan fingerprint density at radius 3 is 2.72 bits per heavy atom. The summed E-state index contributed by atoms with van der Waals surface area (Å²) < 4.78 is 13.8. The Morgan fingerprint density at radius 2 is 2.03 bits per heavy atom. The summed E-state index contributed by atoms with van der Waals surface area (Å²) in [6.07, 6.45) is 4.97. The summed E-state index contributed by atoms with van der Waals surface area (Å²) in [5.74, 6) is 1.34. The first-order chi connectivity index (χ1) is 14.1. The molecule has 150 valence electrons. The van der Waals surface area contributed by atoms with Gasteiger partial charge in [-0.15, -0.1) is 0 Å². The van der Waals surface area contributed by atoms with Crippen molar-refractivity contribution in [3.8, 4) is 11.5 Å². The lowest BCUT2D eigenvalue weighted by Gasteiger charge is -2.11. The van der Waals surface area contributed by atoms with Crippen molar-refractivity contribution in [3.63, 3.8) is 0 Å². The van der Waals surface area contributed by atoms with Crippen molar-refractivity contribution in [2.24, 2.45) is 7.05 Å². The van der Waals surface area contributed by atoms with Crippen molar-refractivity contribution < 1.29 is 14.3 Å². The van der Waals surface area contributed by atoms with Gasteiger partial charge in [0.25, 0.3) is 0 Å². The molecule has 0 unspecified atom stereocenters. The monoisotopic (exact) mass is 455 g/mol. The quantitative estimate of drug-likeness (QED) is 0.519. The molecule has 0 radical (unpaired) electrons. The van der Waals surface area contributed by atoms with Gasteiger partial charge in [0.15, 0.2) is 0 Å². The first kappa shape index (κ1) is 20.7. The molecular formula is C22H22BrN3O3. The van der Waals surface area contributed by atoms with Crippen LogP contribution in [0, 0.1) is 0 Å². The maximum atomic E-state index is 12.2. The normalized spacial score (nSPS) is 10.9. The van der Waals surface area contributed by atoms with Gasteiger partial charge >= 0.3 is 0 Å². The van der Waals surface area contributed by atoms with E-state index in [9.17, 15) is 4.79 Å². The lowest BCUT2D eigenvalue weighted by atomic mass is 10.1. The minimum Gasteiger partial charge on any atom is -0.496 e. The van der Waals surface area contributed by atoms with Gasteiger partial charge in [-0.05, 0) is 51.8 Å². The number of aryl methyl sites for hydroxylation is 1. The van der Waals surface area contributed by atoms with Gasteiger partial charge in [0, 0.05) is 18.7 Å². The van der Waals surface area contributed by atoms with Crippen LogP contribution in [0.3, 0.4) is 0 Å². The third-order valence-corrected chi connectivity index (χ3v) is 4.97. The van der Waals surface area contributed by atoms with E-state index in [1.807, 2.05) is 55.6 Å². The van der Waals surface area contributed by atoms with Crippen molar-refractivity contribution in [1.29, 1.82) is 0 Å². The fourth-order valence-electron chi connectivity index (χ4n) is 2.73. The molecule has 2 aromatic carbocycles. The lowest BCUT2D eigenvalue weighted by molar-refractivity contribution is -0.116. The molecule has 0 bridgehead atoms. The SMILES string of the molecule is COc1ccc(/C=C/C(=O)NCc2c(Br)cnn2C)cc1COc1ccccc1. The highest BCUT2D eigenvalue weighted by molar-refractivity contribution is 9.10. The van der Waals surface area contributed by atoms with Crippen LogP contribution in [0.25, 0.3) is 6.08 Å². The molecule has 0 saturated carbocycles. The number of methoxy groups -OCH3 is 1. The minimum atomic E-state index is -0.184. The number of halogens is 1. The highest BCUT2D eigenvalue weighted by atomic mass is 79.9. The smallest absolute Gasteiger partial charge is 0.244 e. The number of carbonyl (C=O) groups is 1. The third-order valence-electron chi connectivity index (χ3n) is 4.31. The molecule has 3 rings (SSSR count). The van der Waals surface area contributed by atoms with E-state index in [0.29, 0.717) is 13.2 Å². The fourth-order valence-corrected chi connectivity index (χ4v) is 3.22. The average molecular weight is 456 g/mol. The van der Waals surface area contributed by atoms with Crippen LogP contribution in [0.2, 0.25) is 0 Å². The van der Waals surface area contributed by atoms with Gasteiger partial charge in [0.1, 0.15) is 18.1 Å². The number of ether oxygens (including phenoxy) is 2. The molecule has 0 aliphatic heterocycles. The van der Waals surface area contributed by atoms with E-state index in [1.54, 1.807) is 24.1 Å². The fraction of sp³-hybridized carbons (Fsp3) is 0.182. The molecule has 1 heterocycles. The Morgan fingerprint density at radius 1 is 1.24 bits per heavy atom. The van der Waals surface area contributed by atoms with Crippen LogP contribution in [-0.2, 0) is 25.0 Å². The number of hydrogen-bond donors (Lipinski definition) is 1. The Bertz CT molecular complexity index is 980. The number of nitrogens with one attached hydrogen (secondary N) is 1. The summed E-state index contributed by atoms with van der Waals surface area (Å²) in [6.45, 7) is 0.759. The zero-order chi connectivity index (χ0) is 20.6. The van der Waals surface area contributed by atoms with Crippen molar-refractivity contribution in [1.82, 2.24) is 15.1 Å². The van der Waals surface area contributed by atoms with E-state index in [2.05, 4.69) is 26.3 Å². The highest BCUT2D eigenvalue weighted by Gasteiger charge is 2.07. The molecule has 3 aromatic rings. The zero-order valence-corrected chi connectivity index (χ0v) is 17.8. The Balaban J connectivity index is 1.63. The van der Waals surface area contributed by atoms with Gasteiger partial charge in [0.2, 0.25) is 5.91 Å². The molecule has 0 saturated heterocycles. The topological polar surface area (TPSA) is 65.4 Å². The van der Waals surface area contributed by atoms with Crippen LogP contribution in [-0.4, -0.2) is 22.8 Å². The molecule has 6 nitrogen and oxygen atoms in total. The number of rotatable bonds is 8. The van der Waals surface area contributed by atoms with E-state index in [1.165, 1.54) is 6.08 Å². The second-order valence-corrected chi connectivity index (χ2v) is 7.14. The number of benzene rings is 2. The van der Waals surface area contributed by atoms with Gasteiger partial charge in [-0.2, -0.15) is 5.10 Å². The summed E-state index contributed by atoms with van der Waals surface area (Å²) >= 11 is 3.42. The van der Waals surface area contributed by atoms with E-state index in [-0.39, 0.29) is 5.91 Å². The Hall–Kier alpha value is -3.06. The molecule has 0 atom stereocenters. The van der Waals surface area contributed by atoms with Crippen LogP contribution in [0.1, 0.15) is 16.8 Å². The van der Waals surface area contributed by atoms with Crippen molar-refractivity contribution in [3.05, 3.63) is 82.1 Å². The summed E-state index contributed by atoms with van der Waals surface area (Å²) in [4.78, 5) is 12.2. The van der Waals surface area contributed by atoms with Gasteiger partial charge < -0.3 is 14.8 Å². The zero-order valence-electron chi connectivity index (χ0n) is 16.3. The molecule has 0 fully saturated rings. The second kappa shape index (κ2) is 9.93. The van der Waals surface area contributed by atoms with Crippen LogP contribution in [0.5, 0.6) is 11.5 Å². The first-order valence-corrected chi connectivity index (χ1v) is 9.83. The lowest BCUT2D eigenvalue weighted by Crippen LogP contribution is -2.22. The van der Waals surface area contributed by atoms with Crippen molar-refractivity contribution in [2.45, 2.75) is 13.2 Å². The molecule has 1 amide bonds. The largest absolute Gasteiger partial charge is 0.496 e. The van der Waals surface area contributed by atoms with Gasteiger partial charge in [-0.25, -0.2) is 0 Å². The molecule has 0 aliphatic carbocycles. The standard InChI is InChI=1S/C22H22BrN3O3/c1-26-20(19(23)13-25-26)14-24-22(27)11-9-16-8-10-21(28-2)17(12-16)15-29-18-6-4-3-5-7-18/h3-13H,14-15H2,1-2H3,(H,24,27)/b11-9+. The van der Waals surface area contributed by atoms with Crippen molar-refractivity contribution >= 4 is 27.9 Å². The number of para-hydroxylation sites is 1. The molecule has 1 N–H and O–H groups in total. The molecule has 7 heteroatoms. The van der Waals surface area contributed by atoms with Crippen LogP contribution in [0.15, 0.2) is 65.3 Å². The molecule has 0 aliphatic rings. The van der Waals surface area contributed by atoms with Crippen LogP contribution in [0.4, 0.5) is 0 Å². The summed E-state index contributed by atoms with van der Waals surface area (Å²) in [5, 5.41) is 6.98. The predicted octanol–water partition coefficient (Wildman–Crippen LogP) is 4.10. The molecule has 29 heavy (non-hydrogen) atoms. The minimum absolute atomic E-state index is 0.184. The van der Waals surface area contributed by atoms with Gasteiger partial charge in [-0.3, -0.25) is 9.48 Å². The maximum Gasteiger partial charge on any atom is 0.244 e. The third kappa shape index (κ3) is 5.71. The van der Waals surface area contributed by atoms with E-state index in [4.69, 9.17) is 9.47 Å². The molecule has 0 spiro atoms. The average Bonchev–Trinajstić information content (AvgIpc) is 3.07. The Kier molecular flexibility index (Phi) is 7.08. The maximum absolute atomic E-state index is 12.2. The van der Waals surface area contributed by atoms with Gasteiger partial charge in [0.05, 0.1) is 30.0 Å². The van der Waals surface area contributed by atoms with E-state index < -0.39 is 0 Å². The van der Waals surface area contributed by atoms with Crippen LogP contribution < -0.4 is 14.8 Å². The predicted molar refractivity (Wildman–Crippen MR) is 116 cm³/mol. The summed E-state index contributed by atoms with van der Waals surface area (Å²) in [7, 11) is 3.46. The number of nitrogens with zero attached hydrogens (tertiary/aromatic N) is 2. The number of carbonyl (C=O) groups excluding carboxylic acids is 1. The van der Waals surface area contributed by atoms with E-state index in [0.717, 1.165) is 32.8 Å². The highest BCUT2D eigenvalue weighted by Crippen LogP contribution is 2.23. The molecular weight excluding hydrogens is 434 g/mol. The number of amides is 1. The number of hydrogen-bond acceptors (Lipinski definition) is 4.